The van der Waals surface area contributed by atoms with Crippen LogP contribution >= 0.6 is 0 Å². The smallest absolute Gasteiger partial charge is 0.0895 e. The summed E-state index contributed by atoms with van der Waals surface area (Å²) in [6.45, 7) is 2.91. The fourth-order valence-corrected chi connectivity index (χ4v) is 3.68. The minimum absolute atomic E-state index is 0.395. The topological polar surface area (TPSA) is 31.0 Å². The van der Waals surface area contributed by atoms with Crippen molar-refractivity contribution in [2.45, 2.75) is 31.8 Å². The van der Waals surface area contributed by atoms with Crippen molar-refractivity contribution in [1.82, 2.24) is 0 Å². The number of ether oxygens (including phenoxy) is 3. The lowest BCUT2D eigenvalue weighted by Gasteiger charge is -2.22. The van der Waals surface area contributed by atoms with Crippen LogP contribution in [0, 0.1) is 11.8 Å². The van der Waals surface area contributed by atoms with Crippen LogP contribution in [0.3, 0.4) is 0 Å². The Morgan fingerprint density at radius 1 is 0.792 bits per heavy atom. The first-order valence-electron chi connectivity index (χ1n) is 8.79. The van der Waals surface area contributed by atoms with Crippen LogP contribution in [-0.4, -0.2) is 25.4 Å². The summed E-state index contributed by atoms with van der Waals surface area (Å²) in [6.07, 6.45) is 1.95. The van der Waals surface area contributed by atoms with Gasteiger partial charge in [-0.05, 0) is 23.5 Å². The molecule has 2 aliphatic rings. The Bertz CT molecular complexity index is 628. The van der Waals surface area contributed by atoms with Crippen LogP contribution in [0.2, 0.25) is 0 Å². The lowest BCUT2D eigenvalue weighted by atomic mass is 9.96. The molecule has 0 N–H and O–H groups in total. The summed E-state index contributed by atoms with van der Waals surface area (Å²) >= 11 is 0. The molecule has 0 unspecified atom stereocenters. The van der Waals surface area contributed by atoms with E-state index >= 15 is 0 Å². The molecule has 3 nitrogen and oxygen atoms in total. The number of rotatable bonds is 8. The molecule has 2 fully saturated rings. The Morgan fingerprint density at radius 3 is 2.00 bits per heavy atom. The minimum atomic E-state index is 0.395. The first-order chi connectivity index (χ1) is 11.9. The summed E-state index contributed by atoms with van der Waals surface area (Å²) < 4.78 is 17.6. The van der Waals surface area contributed by atoms with Crippen LogP contribution in [0.4, 0.5) is 0 Å². The maximum Gasteiger partial charge on any atom is 0.0895 e. The standard InChI is InChI=1S/C21H24O3/c1-3-7-16(8-4-1)12-22-14-18-11-20-21(24-20)19(18)15-23-13-17-9-5-2-6-10-17/h1-10,18-21H,11-15H2/t18-,19-,20-,21+/m0/s1. The second-order valence-corrected chi connectivity index (χ2v) is 6.80. The zero-order valence-electron chi connectivity index (χ0n) is 13.8. The Balaban J connectivity index is 1.23. The van der Waals surface area contributed by atoms with Gasteiger partial charge in [-0.25, -0.2) is 0 Å². The average Bonchev–Trinajstić information content (AvgIpc) is 3.31. The van der Waals surface area contributed by atoms with E-state index in [9.17, 15) is 0 Å². The average molecular weight is 324 g/mol. The first kappa shape index (κ1) is 15.8. The third kappa shape index (κ3) is 3.86. The number of fused-ring (bicyclic) bond motifs is 1. The molecule has 0 bridgehead atoms. The molecule has 126 valence electrons. The Morgan fingerprint density at radius 2 is 1.38 bits per heavy atom. The minimum Gasteiger partial charge on any atom is -0.376 e. The Kier molecular flexibility index (Phi) is 4.93. The molecular weight excluding hydrogens is 300 g/mol. The van der Waals surface area contributed by atoms with Crippen LogP contribution in [0.1, 0.15) is 17.5 Å². The molecule has 1 heterocycles. The fourth-order valence-electron chi connectivity index (χ4n) is 3.68. The Labute approximate surface area is 143 Å². The van der Waals surface area contributed by atoms with E-state index in [0.29, 0.717) is 37.3 Å². The maximum atomic E-state index is 5.96. The second kappa shape index (κ2) is 7.47. The quantitative estimate of drug-likeness (QED) is 0.692. The molecule has 0 aromatic heterocycles. The lowest BCUT2D eigenvalue weighted by molar-refractivity contribution is 0.00902. The van der Waals surface area contributed by atoms with Crippen molar-refractivity contribution in [3.8, 4) is 0 Å². The predicted molar refractivity (Wildman–Crippen MR) is 92.5 cm³/mol. The van der Waals surface area contributed by atoms with Gasteiger partial charge in [-0.1, -0.05) is 60.7 Å². The molecule has 4 atom stereocenters. The highest BCUT2D eigenvalue weighted by Gasteiger charge is 2.55. The number of hydrogen-bond acceptors (Lipinski definition) is 3. The Hall–Kier alpha value is -1.68. The summed E-state index contributed by atoms with van der Waals surface area (Å²) in [5.41, 5.74) is 2.45. The van der Waals surface area contributed by atoms with Crippen LogP contribution < -0.4 is 0 Å². The maximum absolute atomic E-state index is 5.96. The van der Waals surface area contributed by atoms with Gasteiger partial charge in [-0.15, -0.1) is 0 Å². The van der Waals surface area contributed by atoms with Gasteiger partial charge in [0.25, 0.3) is 0 Å². The van der Waals surface area contributed by atoms with E-state index in [1.807, 2.05) is 12.1 Å². The van der Waals surface area contributed by atoms with Crippen LogP contribution in [0.15, 0.2) is 60.7 Å². The SMILES string of the molecule is c1ccc(COC[C@@H]2C[C@@H]3O[C@@H]3[C@H]2COCc2ccccc2)cc1. The third-order valence-electron chi connectivity index (χ3n) is 5.05. The van der Waals surface area contributed by atoms with Crippen molar-refractivity contribution in [2.75, 3.05) is 13.2 Å². The van der Waals surface area contributed by atoms with Gasteiger partial charge < -0.3 is 14.2 Å². The normalized spacial score (nSPS) is 27.8. The highest BCUT2D eigenvalue weighted by Crippen LogP contribution is 2.47. The van der Waals surface area contributed by atoms with Crippen molar-refractivity contribution >= 4 is 0 Å². The van der Waals surface area contributed by atoms with E-state index < -0.39 is 0 Å². The van der Waals surface area contributed by atoms with Gasteiger partial charge in [0.1, 0.15) is 0 Å². The zero-order valence-corrected chi connectivity index (χ0v) is 13.8. The molecule has 2 aromatic carbocycles. The highest BCUT2D eigenvalue weighted by molar-refractivity contribution is 5.14. The number of benzene rings is 2. The van der Waals surface area contributed by atoms with Crippen molar-refractivity contribution in [3.05, 3.63) is 71.8 Å². The molecule has 0 spiro atoms. The molecule has 1 saturated heterocycles. The van der Waals surface area contributed by atoms with Gasteiger partial charge in [0.2, 0.25) is 0 Å². The largest absolute Gasteiger partial charge is 0.376 e. The summed E-state index contributed by atoms with van der Waals surface area (Å²) in [6, 6.07) is 20.7. The highest BCUT2D eigenvalue weighted by atomic mass is 16.6. The van der Waals surface area contributed by atoms with E-state index in [-0.39, 0.29) is 0 Å². The van der Waals surface area contributed by atoms with Gasteiger partial charge in [0.15, 0.2) is 0 Å². The molecular formula is C21H24O3. The molecule has 24 heavy (non-hydrogen) atoms. The zero-order chi connectivity index (χ0) is 16.2. The van der Waals surface area contributed by atoms with Gasteiger partial charge in [0.05, 0.1) is 38.6 Å². The van der Waals surface area contributed by atoms with Gasteiger partial charge >= 0.3 is 0 Å². The molecule has 0 radical (unpaired) electrons. The summed E-state index contributed by atoms with van der Waals surface area (Å²) in [4.78, 5) is 0. The molecule has 1 aliphatic heterocycles. The summed E-state index contributed by atoms with van der Waals surface area (Å²) in [7, 11) is 0. The summed E-state index contributed by atoms with van der Waals surface area (Å²) in [5.74, 6) is 1.02. The van der Waals surface area contributed by atoms with Crippen molar-refractivity contribution < 1.29 is 14.2 Å². The van der Waals surface area contributed by atoms with Gasteiger partial charge in [-0.3, -0.25) is 0 Å². The number of epoxide rings is 1. The van der Waals surface area contributed by atoms with Crippen LogP contribution in [-0.2, 0) is 27.4 Å². The predicted octanol–water partition coefficient (Wildman–Crippen LogP) is 3.82. The van der Waals surface area contributed by atoms with Crippen LogP contribution in [0.5, 0.6) is 0 Å². The second-order valence-electron chi connectivity index (χ2n) is 6.80. The van der Waals surface area contributed by atoms with Gasteiger partial charge in [-0.2, -0.15) is 0 Å². The van der Waals surface area contributed by atoms with E-state index in [1.165, 1.54) is 11.1 Å². The molecule has 2 aromatic rings. The van der Waals surface area contributed by atoms with E-state index in [1.54, 1.807) is 0 Å². The van der Waals surface area contributed by atoms with E-state index in [2.05, 4.69) is 48.5 Å². The fraction of sp³-hybridized carbons (Fsp3) is 0.429. The van der Waals surface area contributed by atoms with Crippen molar-refractivity contribution in [2.24, 2.45) is 11.8 Å². The van der Waals surface area contributed by atoms with E-state index in [4.69, 9.17) is 14.2 Å². The number of hydrogen-bond donors (Lipinski definition) is 0. The van der Waals surface area contributed by atoms with Crippen LogP contribution in [0.25, 0.3) is 0 Å². The molecule has 4 rings (SSSR count). The lowest BCUT2D eigenvalue weighted by Crippen LogP contribution is -2.24. The van der Waals surface area contributed by atoms with Crippen molar-refractivity contribution in [1.29, 1.82) is 0 Å². The molecule has 1 saturated carbocycles. The monoisotopic (exact) mass is 324 g/mol. The molecule has 0 amide bonds. The first-order valence-corrected chi connectivity index (χ1v) is 8.79. The molecule has 1 aliphatic carbocycles. The van der Waals surface area contributed by atoms with Crippen molar-refractivity contribution in [3.63, 3.8) is 0 Å². The van der Waals surface area contributed by atoms with Gasteiger partial charge in [0, 0.05) is 5.92 Å². The molecule has 3 heteroatoms. The third-order valence-corrected chi connectivity index (χ3v) is 5.05. The summed E-state index contributed by atoms with van der Waals surface area (Å²) in [5, 5.41) is 0. The van der Waals surface area contributed by atoms with E-state index in [0.717, 1.165) is 19.6 Å².